The molecule has 0 unspecified atom stereocenters. The lowest BCUT2D eigenvalue weighted by Gasteiger charge is -2.10. The number of aryl methyl sites for hydroxylation is 2. The average molecular weight is 288 g/mol. The Morgan fingerprint density at radius 3 is 2.60 bits per heavy atom. The zero-order valence-corrected chi connectivity index (χ0v) is 12.9. The van der Waals surface area contributed by atoms with Gasteiger partial charge in [-0.15, -0.1) is 11.3 Å². The van der Waals surface area contributed by atoms with Crippen LogP contribution in [0.4, 0.5) is 5.69 Å². The van der Waals surface area contributed by atoms with Crippen LogP contribution in [-0.2, 0) is 6.54 Å². The third kappa shape index (κ3) is 3.39. The van der Waals surface area contributed by atoms with Gasteiger partial charge >= 0.3 is 0 Å². The van der Waals surface area contributed by atoms with Gasteiger partial charge in [-0.2, -0.15) is 0 Å². The molecule has 0 radical (unpaired) electrons. The predicted molar refractivity (Wildman–Crippen MR) is 85.6 cm³/mol. The van der Waals surface area contributed by atoms with Gasteiger partial charge in [0.1, 0.15) is 0 Å². The van der Waals surface area contributed by atoms with E-state index in [0.717, 1.165) is 23.4 Å². The molecule has 2 aromatic rings. The molecule has 1 heterocycles. The summed E-state index contributed by atoms with van der Waals surface area (Å²) in [5.41, 5.74) is 4.01. The summed E-state index contributed by atoms with van der Waals surface area (Å²) in [5.74, 6) is -0.0154. The van der Waals surface area contributed by atoms with E-state index in [4.69, 9.17) is 0 Å². The molecule has 0 fully saturated rings. The first-order valence-corrected chi connectivity index (χ1v) is 7.65. The molecule has 0 bridgehead atoms. The summed E-state index contributed by atoms with van der Waals surface area (Å²) in [6.07, 6.45) is 0. The Morgan fingerprint density at radius 2 is 2.00 bits per heavy atom. The number of carbonyl (C=O) groups is 1. The number of carbonyl (C=O) groups excluding carboxylic acids is 1. The van der Waals surface area contributed by atoms with Crippen molar-refractivity contribution in [1.29, 1.82) is 0 Å². The van der Waals surface area contributed by atoms with E-state index in [-0.39, 0.29) is 5.91 Å². The first kappa shape index (κ1) is 14.6. The molecule has 1 aromatic carbocycles. The van der Waals surface area contributed by atoms with Crippen molar-refractivity contribution in [3.8, 4) is 0 Å². The Balaban J connectivity index is 2.04. The lowest BCUT2D eigenvalue weighted by molar-refractivity contribution is 0.0950. The van der Waals surface area contributed by atoms with Gasteiger partial charge in [-0.25, -0.2) is 0 Å². The van der Waals surface area contributed by atoms with Crippen LogP contribution in [0.2, 0.25) is 0 Å². The van der Waals surface area contributed by atoms with Gasteiger partial charge in [0.25, 0.3) is 5.91 Å². The highest BCUT2D eigenvalue weighted by molar-refractivity contribution is 7.10. The van der Waals surface area contributed by atoms with E-state index in [2.05, 4.69) is 30.5 Å². The first-order chi connectivity index (χ1) is 9.61. The molecule has 0 saturated heterocycles. The van der Waals surface area contributed by atoms with E-state index >= 15 is 0 Å². The molecule has 0 aliphatic heterocycles. The van der Waals surface area contributed by atoms with Crippen LogP contribution < -0.4 is 10.6 Å². The maximum Gasteiger partial charge on any atom is 0.251 e. The van der Waals surface area contributed by atoms with Gasteiger partial charge in [-0.05, 0) is 61.5 Å². The van der Waals surface area contributed by atoms with Gasteiger partial charge in [0.15, 0.2) is 0 Å². The highest BCUT2D eigenvalue weighted by atomic mass is 32.1. The highest BCUT2D eigenvalue weighted by Crippen LogP contribution is 2.17. The van der Waals surface area contributed by atoms with Crippen LogP contribution in [-0.4, -0.2) is 12.5 Å². The maximum absolute atomic E-state index is 12.2. The van der Waals surface area contributed by atoms with E-state index in [0.29, 0.717) is 6.54 Å². The van der Waals surface area contributed by atoms with Gasteiger partial charge in [0, 0.05) is 22.7 Å². The van der Waals surface area contributed by atoms with Crippen molar-refractivity contribution >= 4 is 22.9 Å². The van der Waals surface area contributed by atoms with Gasteiger partial charge in [-0.3, -0.25) is 4.79 Å². The molecule has 3 nitrogen and oxygen atoms in total. The summed E-state index contributed by atoms with van der Waals surface area (Å²) in [6, 6.07) is 7.91. The molecule has 0 aliphatic rings. The van der Waals surface area contributed by atoms with Crippen molar-refractivity contribution in [1.82, 2.24) is 5.32 Å². The van der Waals surface area contributed by atoms with Crippen molar-refractivity contribution < 1.29 is 4.79 Å². The second-order valence-corrected chi connectivity index (χ2v) is 5.77. The fourth-order valence-electron chi connectivity index (χ4n) is 2.07. The van der Waals surface area contributed by atoms with Crippen molar-refractivity contribution in [3.05, 3.63) is 51.2 Å². The number of hydrogen-bond acceptors (Lipinski definition) is 3. The Morgan fingerprint density at radius 1 is 1.20 bits per heavy atom. The van der Waals surface area contributed by atoms with E-state index in [9.17, 15) is 4.79 Å². The van der Waals surface area contributed by atoms with Crippen LogP contribution in [0.3, 0.4) is 0 Å². The van der Waals surface area contributed by atoms with Crippen LogP contribution >= 0.6 is 11.3 Å². The van der Waals surface area contributed by atoms with Crippen LogP contribution in [0.1, 0.15) is 33.3 Å². The second-order valence-electron chi connectivity index (χ2n) is 4.77. The molecule has 0 aliphatic carbocycles. The fraction of sp³-hybridized carbons (Fsp3) is 0.312. The largest absolute Gasteiger partial charge is 0.385 e. The Labute approximate surface area is 124 Å². The zero-order chi connectivity index (χ0) is 14.5. The number of anilines is 1. The van der Waals surface area contributed by atoms with Gasteiger partial charge in [0.05, 0.1) is 6.54 Å². The third-order valence-corrected chi connectivity index (χ3v) is 4.25. The Kier molecular flexibility index (Phi) is 4.79. The van der Waals surface area contributed by atoms with Gasteiger partial charge in [-0.1, -0.05) is 0 Å². The molecular weight excluding hydrogens is 268 g/mol. The number of nitrogens with one attached hydrogen (secondary N) is 2. The third-order valence-electron chi connectivity index (χ3n) is 3.23. The molecule has 0 atom stereocenters. The summed E-state index contributed by atoms with van der Waals surface area (Å²) in [4.78, 5) is 13.4. The number of hydrogen-bond donors (Lipinski definition) is 2. The monoisotopic (exact) mass is 288 g/mol. The lowest BCUT2D eigenvalue weighted by atomic mass is 10.1. The standard InChI is InChI=1S/C16H20N2OS/c1-4-17-13-5-6-14(12(3)9-13)16(19)18-10-15-11(2)7-8-20-15/h5-9,17H,4,10H2,1-3H3,(H,18,19). The zero-order valence-electron chi connectivity index (χ0n) is 12.1. The molecule has 4 heteroatoms. The molecule has 106 valence electrons. The summed E-state index contributed by atoms with van der Waals surface area (Å²) in [5, 5.41) is 8.28. The topological polar surface area (TPSA) is 41.1 Å². The molecule has 0 saturated carbocycles. The average Bonchev–Trinajstić information content (AvgIpc) is 2.82. The molecule has 1 aromatic heterocycles. The van der Waals surface area contributed by atoms with E-state index in [1.54, 1.807) is 11.3 Å². The maximum atomic E-state index is 12.2. The van der Waals surface area contributed by atoms with Crippen molar-refractivity contribution in [2.45, 2.75) is 27.3 Å². The minimum atomic E-state index is -0.0154. The molecule has 0 spiro atoms. The van der Waals surface area contributed by atoms with Crippen molar-refractivity contribution in [2.75, 3.05) is 11.9 Å². The normalized spacial score (nSPS) is 10.3. The molecule has 2 rings (SSSR count). The number of rotatable bonds is 5. The Bertz CT molecular complexity index is 604. The highest BCUT2D eigenvalue weighted by Gasteiger charge is 2.10. The predicted octanol–water partition coefficient (Wildman–Crippen LogP) is 3.73. The molecule has 1 amide bonds. The van der Waals surface area contributed by atoms with E-state index in [1.165, 1.54) is 10.4 Å². The van der Waals surface area contributed by atoms with Crippen LogP contribution in [0, 0.1) is 13.8 Å². The number of amides is 1. The number of benzene rings is 1. The molecule has 20 heavy (non-hydrogen) atoms. The smallest absolute Gasteiger partial charge is 0.251 e. The first-order valence-electron chi connectivity index (χ1n) is 6.77. The van der Waals surface area contributed by atoms with Crippen molar-refractivity contribution in [2.24, 2.45) is 0 Å². The SMILES string of the molecule is CCNc1ccc(C(=O)NCc2sccc2C)c(C)c1. The van der Waals surface area contributed by atoms with E-state index < -0.39 is 0 Å². The van der Waals surface area contributed by atoms with Gasteiger partial charge in [0.2, 0.25) is 0 Å². The Hall–Kier alpha value is -1.81. The van der Waals surface area contributed by atoms with Gasteiger partial charge < -0.3 is 10.6 Å². The summed E-state index contributed by atoms with van der Waals surface area (Å²) < 4.78 is 0. The quantitative estimate of drug-likeness (QED) is 0.880. The second kappa shape index (κ2) is 6.57. The molecular formula is C16H20N2OS. The minimum Gasteiger partial charge on any atom is -0.385 e. The summed E-state index contributed by atoms with van der Waals surface area (Å²) in [7, 11) is 0. The van der Waals surface area contributed by atoms with Crippen LogP contribution in [0.5, 0.6) is 0 Å². The van der Waals surface area contributed by atoms with Crippen molar-refractivity contribution in [3.63, 3.8) is 0 Å². The lowest BCUT2D eigenvalue weighted by Crippen LogP contribution is -2.23. The minimum absolute atomic E-state index is 0.0154. The molecule has 2 N–H and O–H groups in total. The summed E-state index contributed by atoms with van der Waals surface area (Å²) >= 11 is 1.68. The number of thiophene rings is 1. The van der Waals surface area contributed by atoms with E-state index in [1.807, 2.05) is 30.5 Å². The van der Waals surface area contributed by atoms with Crippen LogP contribution in [0.15, 0.2) is 29.6 Å². The van der Waals surface area contributed by atoms with Crippen LogP contribution in [0.25, 0.3) is 0 Å². The summed E-state index contributed by atoms with van der Waals surface area (Å²) in [6.45, 7) is 7.55. The fourth-order valence-corrected chi connectivity index (χ4v) is 2.92.